The number of rotatable bonds is 3. The van der Waals surface area contributed by atoms with Crippen LogP contribution in [0.1, 0.15) is 98.5 Å². The fraction of sp³-hybridized carbons (Fsp3) is 0.793. The molecule has 0 radical (unpaired) electrons. The van der Waals surface area contributed by atoms with Gasteiger partial charge in [-0.25, -0.2) is 0 Å². The Bertz CT molecular complexity index is 817. The van der Waals surface area contributed by atoms with Crippen LogP contribution in [0.15, 0.2) is 24.5 Å². The lowest BCUT2D eigenvalue weighted by molar-refractivity contribution is -0.0636. The molecule has 4 fully saturated rings. The number of fused-ring (bicyclic) bond motifs is 5. The molecule has 178 valence electrons. The van der Waals surface area contributed by atoms with Gasteiger partial charge in [-0.1, -0.05) is 53.7 Å². The van der Waals surface area contributed by atoms with Crippen molar-refractivity contribution >= 4 is 0 Å². The van der Waals surface area contributed by atoms with Gasteiger partial charge in [0.15, 0.2) is 0 Å². The molecule has 8 atom stereocenters. The van der Waals surface area contributed by atoms with E-state index in [9.17, 15) is 0 Å². The topological polar surface area (TPSA) is 41.6 Å². The summed E-state index contributed by atoms with van der Waals surface area (Å²) in [5.74, 6) is 6.52. The molecule has 4 aliphatic rings. The van der Waals surface area contributed by atoms with Crippen LogP contribution in [0, 0.1) is 58.2 Å². The maximum atomic E-state index is 9.07. The molecule has 0 spiro atoms. The summed E-state index contributed by atoms with van der Waals surface area (Å²) in [6.07, 6.45) is 16.6. The van der Waals surface area contributed by atoms with Crippen molar-refractivity contribution in [2.75, 3.05) is 0 Å². The average Bonchev–Trinajstić information content (AvgIpc) is 3.38. The van der Waals surface area contributed by atoms with Crippen molar-refractivity contribution in [2.24, 2.45) is 46.8 Å². The van der Waals surface area contributed by atoms with Crippen molar-refractivity contribution in [3.63, 3.8) is 0 Å². The van der Waals surface area contributed by atoms with E-state index in [-0.39, 0.29) is 7.43 Å². The molecule has 32 heavy (non-hydrogen) atoms. The van der Waals surface area contributed by atoms with Crippen LogP contribution in [0.3, 0.4) is 0 Å². The Labute approximate surface area is 197 Å². The number of allylic oxidation sites excluding steroid dienone is 1. The lowest BCUT2D eigenvalue weighted by Crippen LogP contribution is -2.48. The minimum absolute atomic E-state index is 0. The summed E-state index contributed by atoms with van der Waals surface area (Å²) >= 11 is 0. The van der Waals surface area contributed by atoms with Gasteiger partial charge in [-0.2, -0.15) is 10.4 Å². The summed E-state index contributed by atoms with van der Waals surface area (Å²) in [5, 5.41) is 13.4. The molecule has 1 heterocycles. The van der Waals surface area contributed by atoms with E-state index >= 15 is 0 Å². The van der Waals surface area contributed by atoms with Gasteiger partial charge in [-0.05, 0) is 98.2 Å². The van der Waals surface area contributed by atoms with Crippen molar-refractivity contribution < 1.29 is 0 Å². The van der Waals surface area contributed by atoms with Crippen molar-refractivity contribution in [3.05, 3.63) is 30.1 Å². The predicted molar refractivity (Wildman–Crippen MR) is 134 cm³/mol. The van der Waals surface area contributed by atoms with Crippen molar-refractivity contribution in [1.29, 1.82) is 5.26 Å². The van der Waals surface area contributed by atoms with Gasteiger partial charge in [0.25, 0.3) is 0 Å². The van der Waals surface area contributed by atoms with Gasteiger partial charge >= 0.3 is 0 Å². The predicted octanol–water partition coefficient (Wildman–Crippen LogP) is 7.88. The molecule has 4 aliphatic carbocycles. The average molecular weight is 438 g/mol. The molecule has 8 unspecified atom stereocenters. The second kappa shape index (κ2) is 10.1. The van der Waals surface area contributed by atoms with E-state index in [0.29, 0.717) is 16.9 Å². The number of aromatic nitrogens is 2. The summed E-state index contributed by atoms with van der Waals surface area (Å²) in [5.41, 5.74) is 2.41. The lowest BCUT2D eigenvalue weighted by atomic mass is 9.49. The largest absolute Gasteiger partial charge is 0.267 e. The number of nitrogens with zero attached hydrogens (tertiary/aromatic N) is 3. The van der Waals surface area contributed by atoms with Gasteiger partial charge in [0.05, 0.1) is 18.3 Å². The van der Waals surface area contributed by atoms with Gasteiger partial charge in [0, 0.05) is 6.20 Å². The zero-order valence-electron chi connectivity index (χ0n) is 20.3. The van der Waals surface area contributed by atoms with E-state index < -0.39 is 0 Å². The molecule has 4 saturated carbocycles. The van der Waals surface area contributed by atoms with Crippen LogP contribution in [0.4, 0.5) is 0 Å². The summed E-state index contributed by atoms with van der Waals surface area (Å²) in [6, 6.07) is 2.19. The maximum absolute atomic E-state index is 9.07. The third kappa shape index (κ3) is 4.32. The highest BCUT2D eigenvalue weighted by Gasteiger charge is 2.57. The molecule has 0 bridgehead atoms. The monoisotopic (exact) mass is 437 g/mol. The minimum Gasteiger partial charge on any atom is -0.267 e. The van der Waals surface area contributed by atoms with Crippen LogP contribution in [-0.2, 0) is 6.54 Å². The molecule has 3 heteroatoms. The normalized spacial score (nSPS) is 39.8. The van der Waals surface area contributed by atoms with E-state index in [4.69, 9.17) is 5.26 Å². The van der Waals surface area contributed by atoms with Crippen LogP contribution in [0.25, 0.3) is 0 Å². The highest BCUT2D eigenvalue weighted by molar-refractivity contribution is 5.22. The highest BCUT2D eigenvalue weighted by Crippen LogP contribution is 2.65. The van der Waals surface area contributed by atoms with Gasteiger partial charge in [0.2, 0.25) is 0 Å². The first kappa shape index (κ1) is 25.1. The van der Waals surface area contributed by atoms with E-state index in [1.165, 1.54) is 63.4 Å². The molecule has 1 aromatic rings. The van der Waals surface area contributed by atoms with E-state index in [1.54, 1.807) is 6.20 Å². The van der Waals surface area contributed by atoms with Crippen LogP contribution < -0.4 is 0 Å². The molecule has 3 nitrogen and oxygen atoms in total. The zero-order chi connectivity index (χ0) is 22.2. The first-order valence-electron chi connectivity index (χ1n) is 13.1. The van der Waals surface area contributed by atoms with E-state index in [2.05, 4.69) is 31.6 Å². The standard InChI is InChI=1S/C26H37N3.C2H6.CH4/c1-17-4-6-21-20(12-17)5-7-23-22(21)10-11-26(3)24(8-9-25(23)26)18(2)15-29-16-19(13-27)14-28-29;1-2;/h14,16-17,20-25H,2,4-12,15H2,1,3H3;1-2H3;1H4. The maximum Gasteiger partial charge on any atom is 0.102 e. The van der Waals surface area contributed by atoms with E-state index in [1.807, 2.05) is 24.7 Å². The lowest BCUT2D eigenvalue weighted by Gasteiger charge is -2.56. The molecule has 0 aliphatic heterocycles. The first-order chi connectivity index (χ1) is 15.0. The summed E-state index contributed by atoms with van der Waals surface area (Å²) < 4.78 is 1.91. The third-order valence-electron chi connectivity index (χ3n) is 9.84. The fourth-order valence-electron chi connectivity index (χ4n) is 8.58. The molecule has 1 aromatic heterocycles. The Morgan fingerprint density at radius 3 is 2.59 bits per heavy atom. The highest BCUT2D eigenvalue weighted by atomic mass is 15.3. The molecule has 0 aromatic carbocycles. The molecule has 0 saturated heterocycles. The zero-order valence-corrected chi connectivity index (χ0v) is 20.3. The van der Waals surface area contributed by atoms with Crippen LogP contribution in [0.5, 0.6) is 0 Å². The summed E-state index contributed by atoms with van der Waals surface area (Å²) in [6.45, 7) is 14.4. The smallest absolute Gasteiger partial charge is 0.102 e. The van der Waals surface area contributed by atoms with Crippen LogP contribution in [-0.4, -0.2) is 9.78 Å². The Morgan fingerprint density at radius 1 is 1.12 bits per heavy atom. The van der Waals surface area contributed by atoms with Crippen molar-refractivity contribution in [3.8, 4) is 6.07 Å². The Hall–Kier alpha value is -1.56. The molecule has 0 N–H and O–H groups in total. The molecular weight excluding hydrogens is 390 g/mol. The second-order valence-corrected chi connectivity index (χ2v) is 11.2. The number of nitriles is 1. The number of hydrogen-bond acceptors (Lipinski definition) is 2. The van der Waals surface area contributed by atoms with Gasteiger partial charge in [-0.15, -0.1) is 0 Å². The first-order valence-corrected chi connectivity index (χ1v) is 13.1. The van der Waals surface area contributed by atoms with Crippen LogP contribution >= 0.6 is 0 Å². The Morgan fingerprint density at radius 2 is 1.88 bits per heavy atom. The second-order valence-electron chi connectivity index (χ2n) is 11.2. The SMILES string of the molecule is C.C=C(Cn1cc(C#N)cn1)C1CCC2C3CCC4CC(C)CCC4C3CCC12C.CC. The van der Waals surface area contributed by atoms with Crippen molar-refractivity contribution in [1.82, 2.24) is 9.78 Å². The third-order valence-corrected chi connectivity index (χ3v) is 9.84. The fourth-order valence-corrected chi connectivity index (χ4v) is 8.58. The van der Waals surface area contributed by atoms with Crippen molar-refractivity contribution in [2.45, 2.75) is 99.5 Å². The van der Waals surface area contributed by atoms with Gasteiger partial charge in [0.1, 0.15) is 6.07 Å². The Kier molecular flexibility index (Phi) is 7.95. The van der Waals surface area contributed by atoms with Gasteiger partial charge in [-0.3, -0.25) is 4.68 Å². The quantitative estimate of drug-likeness (QED) is 0.451. The van der Waals surface area contributed by atoms with E-state index in [0.717, 1.165) is 42.1 Å². The minimum atomic E-state index is 0. The molecular formula is C29H47N3. The summed E-state index contributed by atoms with van der Waals surface area (Å²) in [4.78, 5) is 0. The van der Waals surface area contributed by atoms with Gasteiger partial charge < -0.3 is 0 Å². The Balaban J connectivity index is 0.000000938. The molecule has 5 rings (SSSR count). The molecule has 0 amide bonds. The summed E-state index contributed by atoms with van der Waals surface area (Å²) in [7, 11) is 0. The number of hydrogen-bond donors (Lipinski definition) is 0. The van der Waals surface area contributed by atoms with Crippen LogP contribution in [0.2, 0.25) is 0 Å².